The molecular formula is C11H16N4O. The van der Waals surface area contributed by atoms with Gasteiger partial charge in [0.05, 0.1) is 6.10 Å². The zero-order chi connectivity index (χ0) is 11.5. The minimum Gasteiger partial charge on any atom is -0.393 e. The molecule has 1 unspecified atom stereocenters. The highest BCUT2D eigenvalue weighted by Crippen LogP contribution is 2.09. The SMILES string of the molecule is Cc1cccn2nc(NCCC(C)O)nc12. The summed E-state index contributed by atoms with van der Waals surface area (Å²) < 4.78 is 1.75. The summed E-state index contributed by atoms with van der Waals surface area (Å²) in [6.07, 6.45) is 2.26. The third-order valence-corrected chi connectivity index (χ3v) is 2.40. The molecule has 0 aliphatic rings. The van der Waals surface area contributed by atoms with Gasteiger partial charge in [0, 0.05) is 12.7 Å². The molecule has 0 bridgehead atoms. The second-order valence-corrected chi connectivity index (χ2v) is 3.96. The van der Waals surface area contributed by atoms with Crippen LogP contribution in [0.2, 0.25) is 0 Å². The molecular weight excluding hydrogens is 204 g/mol. The predicted octanol–water partition coefficient (Wildman–Crippen LogP) is 1.22. The Hall–Kier alpha value is -1.62. The van der Waals surface area contributed by atoms with E-state index in [1.165, 1.54) is 0 Å². The van der Waals surface area contributed by atoms with Crippen molar-refractivity contribution in [2.24, 2.45) is 0 Å². The van der Waals surface area contributed by atoms with Crippen LogP contribution in [-0.2, 0) is 0 Å². The van der Waals surface area contributed by atoms with E-state index in [1.54, 1.807) is 11.4 Å². The van der Waals surface area contributed by atoms with E-state index < -0.39 is 0 Å². The van der Waals surface area contributed by atoms with Gasteiger partial charge in [-0.25, -0.2) is 4.52 Å². The normalized spacial score (nSPS) is 12.9. The van der Waals surface area contributed by atoms with Crippen molar-refractivity contribution < 1.29 is 5.11 Å². The van der Waals surface area contributed by atoms with Crippen LogP contribution in [0.15, 0.2) is 18.3 Å². The van der Waals surface area contributed by atoms with E-state index in [0.29, 0.717) is 18.9 Å². The van der Waals surface area contributed by atoms with Crippen molar-refractivity contribution in [3.05, 3.63) is 23.9 Å². The number of aliphatic hydroxyl groups is 1. The van der Waals surface area contributed by atoms with E-state index in [1.807, 2.05) is 25.3 Å². The Morgan fingerprint density at radius 3 is 3.06 bits per heavy atom. The van der Waals surface area contributed by atoms with Crippen LogP contribution in [0.5, 0.6) is 0 Å². The average Bonchev–Trinajstić information content (AvgIpc) is 2.61. The van der Waals surface area contributed by atoms with Crippen LogP contribution in [0, 0.1) is 6.92 Å². The van der Waals surface area contributed by atoms with Gasteiger partial charge >= 0.3 is 0 Å². The van der Waals surface area contributed by atoms with E-state index in [-0.39, 0.29) is 6.10 Å². The van der Waals surface area contributed by atoms with Crippen LogP contribution in [0.4, 0.5) is 5.95 Å². The minimum atomic E-state index is -0.300. The molecule has 5 nitrogen and oxygen atoms in total. The standard InChI is InChI=1S/C11H16N4O/c1-8-4-3-7-15-10(8)13-11(14-15)12-6-5-9(2)16/h3-4,7,9,16H,5-6H2,1-2H3,(H,12,14). The van der Waals surface area contributed by atoms with Crippen molar-refractivity contribution >= 4 is 11.6 Å². The summed E-state index contributed by atoms with van der Waals surface area (Å²) in [5, 5.41) is 16.5. The van der Waals surface area contributed by atoms with Crippen LogP contribution in [0.1, 0.15) is 18.9 Å². The Kier molecular flexibility index (Phi) is 3.05. The second kappa shape index (κ2) is 4.49. The highest BCUT2D eigenvalue weighted by atomic mass is 16.3. The number of nitrogens with zero attached hydrogens (tertiary/aromatic N) is 3. The van der Waals surface area contributed by atoms with E-state index >= 15 is 0 Å². The average molecular weight is 220 g/mol. The maximum Gasteiger partial charge on any atom is 0.243 e. The molecule has 0 aromatic carbocycles. The van der Waals surface area contributed by atoms with E-state index in [0.717, 1.165) is 11.2 Å². The zero-order valence-corrected chi connectivity index (χ0v) is 9.51. The smallest absolute Gasteiger partial charge is 0.243 e. The lowest BCUT2D eigenvalue weighted by molar-refractivity contribution is 0.188. The van der Waals surface area contributed by atoms with Crippen molar-refractivity contribution in [1.29, 1.82) is 0 Å². The molecule has 1 atom stereocenters. The molecule has 0 fully saturated rings. The maximum absolute atomic E-state index is 9.13. The van der Waals surface area contributed by atoms with Crippen LogP contribution in [-0.4, -0.2) is 32.4 Å². The lowest BCUT2D eigenvalue weighted by Crippen LogP contribution is -2.10. The fourth-order valence-electron chi connectivity index (χ4n) is 1.51. The lowest BCUT2D eigenvalue weighted by atomic mass is 10.3. The van der Waals surface area contributed by atoms with Crippen molar-refractivity contribution in [2.45, 2.75) is 26.4 Å². The first-order valence-corrected chi connectivity index (χ1v) is 5.41. The molecule has 0 spiro atoms. The van der Waals surface area contributed by atoms with Crippen LogP contribution >= 0.6 is 0 Å². The molecule has 16 heavy (non-hydrogen) atoms. The van der Waals surface area contributed by atoms with E-state index in [4.69, 9.17) is 5.11 Å². The third-order valence-electron chi connectivity index (χ3n) is 2.40. The van der Waals surface area contributed by atoms with Crippen molar-refractivity contribution in [2.75, 3.05) is 11.9 Å². The third kappa shape index (κ3) is 2.30. The first kappa shape index (κ1) is 10.9. The monoisotopic (exact) mass is 220 g/mol. The number of fused-ring (bicyclic) bond motifs is 1. The zero-order valence-electron chi connectivity index (χ0n) is 9.51. The topological polar surface area (TPSA) is 62.5 Å². The summed E-state index contributed by atoms with van der Waals surface area (Å²) in [6, 6.07) is 3.94. The maximum atomic E-state index is 9.13. The Balaban J connectivity index is 2.11. The molecule has 2 aromatic heterocycles. The molecule has 0 radical (unpaired) electrons. The Bertz CT molecular complexity index is 478. The van der Waals surface area contributed by atoms with Crippen molar-refractivity contribution in [3.63, 3.8) is 0 Å². The van der Waals surface area contributed by atoms with Gasteiger partial charge in [-0.1, -0.05) is 6.07 Å². The molecule has 0 aliphatic heterocycles. The molecule has 2 heterocycles. The highest BCUT2D eigenvalue weighted by Gasteiger charge is 2.04. The quantitative estimate of drug-likeness (QED) is 0.813. The molecule has 0 amide bonds. The Morgan fingerprint density at radius 2 is 2.38 bits per heavy atom. The number of hydrogen-bond donors (Lipinski definition) is 2. The molecule has 2 N–H and O–H groups in total. The molecule has 2 rings (SSSR count). The number of anilines is 1. The Labute approximate surface area is 94.1 Å². The summed E-state index contributed by atoms with van der Waals surface area (Å²) >= 11 is 0. The largest absolute Gasteiger partial charge is 0.393 e. The van der Waals surface area contributed by atoms with Gasteiger partial charge in [-0.05, 0) is 31.9 Å². The number of pyridine rings is 1. The minimum absolute atomic E-state index is 0.300. The van der Waals surface area contributed by atoms with Crippen LogP contribution < -0.4 is 5.32 Å². The number of aliphatic hydroxyl groups excluding tert-OH is 1. The molecule has 86 valence electrons. The molecule has 2 aromatic rings. The van der Waals surface area contributed by atoms with E-state index in [9.17, 15) is 0 Å². The fourth-order valence-corrected chi connectivity index (χ4v) is 1.51. The second-order valence-electron chi connectivity index (χ2n) is 3.96. The molecule has 5 heteroatoms. The van der Waals surface area contributed by atoms with Gasteiger partial charge < -0.3 is 10.4 Å². The lowest BCUT2D eigenvalue weighted by Gasteiger charge is -2.03. The summed E-state index contributed by atoms with van der Waals surface area (Å²) in [6.45, 7) is 4.44. The molecule has 0 saturated heterocycles. The molecule has 0 aliphatic carbocycles. The van der Waals surface area contributed by atoms with Gasteiger partial charge in [0.25, 0.3) is 0 Å². The number of nitrogens with one attached hydrogen (secondary N) is 1. The summed E-state index contributed by atoms with van der Waals surface area (Å²) in [7, 11) is 0. The van der Waals surface area contributed by atoms with E-state index in [2.05, 4.69) is 15.4 Å². The number of aryl methyl sites for hydroxylation is 1. The van der Waals surface area contributed by atoms with Gasteiger partial charge in [-0.15, -0.1) is 5.10 Å². The number of rotatable bonds is 4. The van der Waals surface area contributed by atoms with Gasteiger partial charge in [-0.2, -0.15) is 4.98 Å². The summed E-state index contributed by atoms with van der Waals surface area (Å²) in [5.41, 5.74) is 1.96. The van der Waals surface area contributed by atoms with Gasteiger partial charge in [-0.3, -0.25) is 0 Å². The van der Waals surface area contributed by atoms with Crippen molar-refractivity contribution in [3.8, 4) is 0 Å². The number of hydrogen-bond acceptors (Lipinski definition) is 4. The van der Waals surface area contributed by atoms with Crippen LogP contribution in [0.3, 0.4) is 0 Å². The van der Waals surface area contributed by atoms with Gasteiger partial charge in [0.15, 0.2) is 5.65 Å². The van der Waals surface area contributed by atoms with Gasteiger partial charge in [0.2, 0.25) is 5.95 Å². The first-order chi connectivity index (χ1) is 7.66. The Morgan fingerprint density at radius 1 is 1.56 bits per heavy atom. The summed E-state index contributed by atoms with van der Waals surface area (Å²) in [5.74, 6) is 0.606. The fraction of sp³-hybridized carbons (Fsp3) is 0.455. The molecule has 0 saturated carbocycles. The van der Waals surface area contributed by atoms with Crippen molar-refractivity contribution in [1.82, 2.24) is 14.6 Å². The predicted molar refractivity (Wildman–Crippen MR) is 62.5 cm³/mol. The summed E-state index contributed by atoms with van der Waals surface area (Å²) in [4.78, 5) is 4.37. The highest BCUT2D eigenvalue weighted by molar-refractivity contribution is 5.49. The first-order valence-electron chi connectivity index (χ1n) is 5.41. The van der Waals surface area contributed by atoms with Crippen LogP contribution in [0.25, 0.3) is 5.65 Å². The number of aromatic nitrogens is 3. The van der Waals surface area contributed by atoms with Gasteiger partial charge in [0.1, 0.15) is 0 Å².